The van der Waals surface area contributed by atoms with Crippen LogP contribution in [0.5, 0.6) is 0 Å². The van der Waals surface area contributed by atoms with Gasteiger partial charge in [0, 0.05) is 25.2 Å². The number of nitro groups is 1. The van der Waals surface area contributed by atoms with Crippen LogP contribution in [0.2, 0.25) is 5.02 Å². The Morgan fingerprint density at radius 3 is 2.57 bits per heavy atom. The lowest BCUT2D eigenvalue weighted by atomic mass is 10.00. The average molecular weight is 335 g/mol. The summed E-state index contributed by atoms with van der Waals surface area (Å²) in [6.45, 7) is 0.198. The number of non-ortho nitro benzene ring substituents is 1. The summed E-state index contributed by atoms with van der Waals surface area (Å²) in [5.74, 6) is -1.21. The van der Waals surface area contributed by atoms with Crippen molar-refractivity contribution in [2.75, 3.05) is 13.1 Å². The number of carboxylic acid groups (broad SMARTS) is 1. The molecule has 0 unspecified atom stereocenters. The molecule has 1 aliphatic heterocycles. The van der Waals surface area contributed by atoms with Crippen LogP contribution >= 0.6 is 11.6 Å². The van der Waals surface area contributed by atoms with Crippen molar-refractivity contribution in [3.8, 4) is 0 Å². The Labute approximate surface area is 125 Å². The Bertz CT molecular complexity index is 699. The fourth-order valence-electron chi connectivity index (χ4n) is 2.05. The standard InChI is InChI=1S/C11H11ClN2O6S/c12-9-4-8(14(17)18)1-2-10(9)21(19,20)13-5-7(6-13)3-11(15)16/h1-2,4,7H,3,5-6H2,(H,15,16). The van der Waals surface area contributed by atoms with Crippen molar-refractivity contribution >= 4 is 33.3 Å². The van der Waals surface area contributed by atoms with E-state index < -0.39 is 20.9 Å². The van der Waals surface area contributed by atoms with E-state index in [0.717, 1.165) is 22.5 Å². The summed E-state index contributed by atoms with van der Waals surface area (Å²) < 4.78 is 25.6. The second-order valence-electron chi connectivity index (χ2n) is 4.66. The minimum Gasteiger partial charge on any atom is -0.481 e. The highest BCUT2D eigenvalue weighted by atomic mass is 35.5. The molecule has 1 heterocycles. The van der Waals surface area contributed by atoms with E-state index in [1.807, 2.05) is 0 Å². The maximum Gasteiger partial charge on any atom is 0.303 e. The van der Waals surface area contributed by atoms with E-state index in [2.05, 4.69) is 0 Å². The van der Waals surface area contributed by atoms with Crippen LogP contribution in [0.15, 0.2) is 23.1 Å². The third-order valence-corrected chi connectivity index (χ3v) is 5.45. The second-order valence-corrected chi connectivity index (χ2v) is 6.97. The summed E-state index contributed by atoms with van der Waals surface area (Å²) in [7, 11) is -3.86. The first kappa shape index (κ1) is 15.7. The summed E-state index contributed by atoms with van der Waals surface area (Å²) in [5.41, 5.74) is -0.300. The summed E-state index contributed by atoms with van der Waals surface area (Å²) in [6.07, 6.45) is -0.0972. The van der Waals surface area contributed by atoms with E-state index in [0.29, 0.717) is 0 Å². The van der Waals surface area contributed by atoms with Gasteiger partial charge in [0.25, 0.3) is 5.69 Å². The zero-order valence-corrected chi connectivity index (χ0v) is 12.2. The van der Waals surface area contributed by atoms with Gasteiger partial charge in [-0.25, -0.2) is 8.42 Å². The highest BCUT2D eigenvalue weighted by molar-refractivity contribution is 7.89. The molecule has 1 N–H and O–H groups in total. The van der Waals surface area contributed by atoms with Gasteiger partial charge in [-0.1, -0.05) is 11.6 Å². The lowest BCUT2D eigenvalue weighted by molar-refractivity contribution is -0.384. The molecule has 114 valence electrons. The Balaban J connectivity index is 2.18. The van der Waals surface area contributed by atoms with E-state index in [4.69, 9.17) is 16.7 Å². The number of aliphatic carboxylic acids is 1. The molecule has 0 amide bonds. The molecule has 10 heteroatoms. The first-order valence-electron chi connectivity index (χ1n) is 5.87. The summed E-state index contributed by atoms with van der Waals surface area (Å²) in [6, 6.07) is 3.12. The van der Waals surface area contributed by atoms with Crippen molar-refractivity contribution in [2.24, 2.45) is 5.92 Å². The summed E-state index contributed by atoms with van der Waals surface area (Å²) in [4.78, 5) is 20.2. The van der Waals surface area contributed by atoms with Crippen molar-refractivity contribution in [3.63, 3.8) is 0 Å². The van der Waals surface area contributed by atoms with Gasteiger partial charge in [0.05, 0.1) is 16.4 Å². The number of nitro benzene ring substituents is 1. The number of rotatable bonds is 5. The molecule has 0 atom stereocenters. The quantitative estimate of drug-likeness (QED) is 0.641. The zero-order chi connectivity index (χ0) is 15.8. The highest BCUT2D eigenvalue weighted by Crippen LogP contribution is 2.32. The molecule has 1 aliphatic rings. The van der Waals surface area contributed by atoms with Crippen LogP contribution < -0.4 is 0 Å². The monoisotopic (exact) mass is 334 g/mol. The third kappa shape index (κ3) is 3.14. The van der Waals surface area contributed by atoms with Crippen LogP contribution in [0, 0.1) is 16.0 Å². The molecule has 0 bridgehead atoms. The second kappa shape index (κ2) is 5.58. The van der Waals surface area contributed by atoms with Crippen LogP contribution in [-0.2, 0) is 14.8 Å². The van der Waals surface area contributed by atoms with Gasteiger partial charge in [-0.15, -0.1) is 0 Å². The maximum atomic E-state index is 12.3. The lowest BCUT2D eigenvalue weighted by Crippen LogP contribution is -2.50. The summed E-state index contributed by atoms with van der Waals surface area (Å²) >= 11 is 5.80. The first-order chi connectivity index (χ1) is 9.71. The van der Waals surface area contributed by atoms with Crippen LogP contribution in [-0.4, -0.2) is 41.8 Å². The normalized spacial score (nSPS) is 16.4. The van der Waals surface area contributed by atoms with Crippen molar-refractivity contribution < 1.29 is 23.2 Å². The first-order valence-corrected chi connectivity index (χ1v) is 7.69. The molecule has 0 aliphatic carbocycles. The molecular weight excluding hydrogens is 324 g/mol. The van der Waals surface area contributed by atoms with Gasteiger partial charge < -0.3 is 5.11 Å². The Morgan fingerprint density at radius 1 is 1.48 bits per heavy atom. The number of nitrogens with zero attached hydrogens (tertiary/aromatic N) is 2. The predicted octanol–water partition coefficient (Wildman–Crippen LogP) is 1.34. The number of sulfonamides is 1. The van der Waals surface area contributed by atoms with E-state index in [1.54, 1.807) is 0 Å². The van der Waals surface area contributed by atoms with Crippen LogP contribution in [0.4, 0.5) is 5.69 Å². The molecule has 1 aromatic carbocycles. The zero-order valence-electron chi connectivity index (χ0n) is 10.6. The molecule has 21 heavy (non-hydrogen) atoms. The molecule has 2 rings (SSSR count). The lowest BCUT2D eigenvalue weighted by Gasteiger charge is -2.37. The van der Waals surface area contributed by atoms with Gasteiger partial charge >= 0.3 is 5.97 Å². The van der Waals surface area contributed by atoms with Gasteiger partial charge in [0.1, 0.15) is 4.90 Å². The molecule has 0 radical (unpaired) electrons. The number of carbonyl (C=O) groups is 1. The molecule has 1 aromatic rings. The third-order valence-electron chi connectivity index (χ3n) is 3.13. The Hall–Kier alpha value is -1.71. The predicted molar refractivity (Wildman–Crippen MR) is 72.6 cm³/mol. The van der Waals surface area contributed by atoms with Crippen LogP contribution in [0.3, 0.4) is 0 Å². The number of halogens is 1. The number of carboxylic acids is 1. The molecule has 1 saturated heterocycles. The minimum absolute atomic E-state index is 0.0972. The Morgan fingerprint density at radius 2 is 2.10 bits per heavy atom. The average Bonchev–Trinajstić information content (AvgIpc) is 2.32. The fourth-order valence-corrected chi connectivity index (χ4v) is 4.15. The highest BCUT2D eigenvalue weighted by Gasteiger charge is 2.38. The Kier molecular flexibility index (Phi) is 4.17. The van der Waals surface area contributed by atoms with E-state index in [-0.39, 0.29) is 41.0 Å². The number of hydrogen-bond donors (Lipinski definition) is 1. The van der Waals surface area contributed by atoms with E-state index in [1.165, 1.54) is 0 Å². The van der Waals surface area contributed by atoms with Crippen LogP contribution in [0.1, 0.15) is 6.42 Å². The smallest absolute Gasteiger partial charge is 0.303 e. The topological polar surface area (TPSA) is 118 Å². The molecule has 1 fully saturated rings. The van der Waals surface area contributed by atoms with E-state index >= 15 is 0 Å². The molecule has 0 spiro atoms. The van der Waals surface area contributed by atoms with Gasteiger partial charge in [0.2, 0.25) is 10.0 Å². The SMILES string of the molecule is O=C(O)CC1CN(S(=O)(=O)c2ccc([N+](=O)[O-])cc2Cl)C1. The van der Waals surface area contributed by atoms with E-state index in [9.17, 15) is 23.3 Å². The molecular formula is C11H11ClN2O6S. The fraction of sp³-hybridized carbons (Fsp3) is 0.364. The molecule has 0 saturated carbocycles. The van der Waals surface area contributed by atoms with Crippen molar-refractivity contribution in [2.45, 2.75) is 11.3 Å². The van der Waals surface area contributed by atoms with Gasteiger partial charge in [-0.2, -0.15) is 4.31 Å². The van der Waals surface area contributed by atoms with Crippen LogP contribution in [0.25, 0.3) is 0 Å². The van der Waals surface area contributed by atoms with Crippen molar-refractivity contribution in [1.29, 1.82) is 0 Å². The minimum atomic E-state index is -3.86. The van der Waals surface area contributed by atoms with Gasteiger partial charge in [-0.3, -0.25) is 14.9 Å². The van der Waals surface area contributed by atoms with Gasteiger partial charge in [0.15, 0.2) is 0 Å². The molecule has 8 nitrogen and oxygen atoms in total. The summed E-state index contributed by atoms with van der Waals surface area (Å²) in [5, 5.41) is 19.0. The number of hydrogen-bond acceptors (Lipinski definition) is 5. The maximum absolute atomic E-state index is 12.3. The number of benzene rings is 1. The van der Waals surface area contributed by atoms with Crippen molar-refractivity contribution in [3.05, 3.63) is 33.3 Å². The molecule has 0 aromatic heterocycles. The van der Waals surface area contributed by atoms with Gasteiger partial charge in [-0.05, 0) is 12.0 Å². The van der Waals surface area contributed by atoms with Crippen molar-refractivity contribution in [1.82, 2.24) is 4.31 Å². The largest absolute Gasteiger partial charge is 0.481 e.